The number of carbonyl (C=O) groups is 1. The van der Waals surface area contributed by atoms with E-state index in [1.165, 1.54) is 30.8 Å². The summed E-state index contributed by atoms with van der Waals surface area (Å²) in [5.74, 6) is -1.45. The molecule has 0 bridgehead atoms. The first-order valence-electron chi connectivity index (χ1n) is 7.75. The van der Waals surface area contributed by atoms with Gasteiger partial charge in [-0.2, -0.15) is 23.3 Å². The second-order valence-corrected chi connectivity index (χ2v) is 5.76. The van der Waals surface area contributed by atoms with Gasteiger partial charge in [0, 0.05) is 18.8 Å². The normalized spacial score (nSPS) is 11.6. The molecule has 0 saturated carbocycles. The molecule has 1 N–H and O–H groups in total. The van der Waals surface area contributed by atoms with Gasteiger partial charge in [-0.25, -0.2) is 4.39 Å². The Hall–Kier alpha value is -3.17. The molecule has 2 aromatic heterocycles. The van der Waals surface area contributed by atoms with Crippen LogP contribution in [0.5, 0.6) is 5.88 Å². The number of nitrogens with one attached hydrogen (secondary N) is 1. The summed E-state index contributed by atoms with van der Waals surface area (Å²) in [7, 11) is 1.47. The van der Waals surface area contributed by atoms with Crippen molar-refractivity contribution >= 4 is 22.6 Å². The Morgan fingerprint density at radius 2 is 1.93 bits per heavy atom. The minimum atomic E-state index is -4.64. The molecule has 0 spiro atoms. The Balaban J connectivity index is 1.81. The Morgan fingerprint density at radius 3 is 2.56 bits per heavy atom. The summed E-state index contributed by atoms with van der Waals surface area (Å²) in [5, 5.41) is 6.27. The van der Waals surface area contributed by atoms with Gasteiger partial charge in [0.2, 0.25) is 5.88 Å². The molecule has 3 rings (SSSR count). The SMILES string of the molecule is Cc1nn(C)c2nc(OCC(=O)Nc3ccc(F)cc3)cc(C(F)(F)F)c12. The van der Waals surface area contributed by atoms with Gasteiger partial charge >= 0.3 is 6.18 Å². The van der Waals surface area contributed by atoms with E-state index >= 15 is 0 Å². The molecule has 142 valence electrons. The maximum atomic E-state index is 13.4. The third-order valence-corrected chi connectivity index (χ3v) is 3.73. The summed E-state index contributed by atoms with van der Waals surface area (Å²) in [5.41, 5.74) is -0.428. The number of aryl methyl sites for hydroxylation is 2. The van der Waals surface area contributed by atoms with Crippen molar-refractivity contribution in [2.45, 2.75) is 13.1 Å². The van der Waals surface area contributed by atoms with E-state index in [4.69, 9.17) is 4.74 Å². The van der Waals surface area contributed by atoms with Crippen molar-refractivity contribution in [2.75, 3.05) is 11.9 Å². The van der Waals surface area contributed by atoms with Gasteiger partial charge in [-0.1, -0.05) is 0 Å². The third kappa shape index (κ3) is 3.99. The maximum Gasteiger partial charge on any atom is 0.417 e. The number of pyridine rings is 1. The quantitative estimate of drug-likeness (QED) is 0.702. The van der Waals surface area contributed by atoms with Crippen molar-refractivity contribution in [3.8, 4) is 5.88 Å². The second-order valence-electron chi connectivity index (χ2n) is 5.76. The van der Waals surface area contributed by atoms with Gasteiger partial charge in [0.05, 0.1) is 16.6 Å². The van der Waals surface area contributed by atoms with Crippen LogP contribution in [-0.4, -0.2) is 27.3 Å². The lowest BCUT2D eigenvalue weighted by Crippen LogP contribution is -2.20. The highest BCUT2D eigenvalue weighted by Crippen LogP contribution is 2.37. The number of aromatic nitrogens is 3. The van der Waals surface area contributed by atoms with E-state index in [0.717, 1.165) is 18.2 Å². The average molecular weight is 382 g/mol. The minimum absolute atomic E-state index is 0.00346. The first-order chi connectivity index (χ1) is 12.6. The van der Waals surface area contributed by atoms with Crippen LogP contribution < -0.4 is 10.1 Å². The number of ether oxygens (including phenoxy) is 1. The monoisotopic (exact) mass is 382 g/mol. The summed E-state index contributed by atoms with van der Waals surface area (Å²) in [4.78, 5) is 15.9. The number of anilines is 1. The number of hydrogen-bond donors (Lipinski definition) is 1. The van der Waals surface area contributed by atoms with Crippen LogP contribution in [0.15, 0.2) is 30.3 Å². The lowest BCUT2D eigenvalue weighted by molar-refractivity contribution is -0.136. The van der Waals surface area contributed by atoms with Crippen LogP contribution in [0.4, 0.5) is 23.2 Å². The molecule has 0 aliphatic carbocycles. The van der Waals surface area contributed by atoms with Crippen LogP contribution in [0, 0.1) is 12.7 Å². The van der Waals surface area contributed by atoms with E-state index in [1.807, 2.05) is 0 Å². The molecule has 10 heteroatoms. The van der Waals surface area contributed by atoms with Crippen molar-refractivity contribution in [3.05, 3.63) is 47.4 Å². The van der Waals surface area contributed by atoms with Crippen molar-refractivity contribution in [3.63, 3.8) is 0 Å². The summed E-state index contributed by atoms with van der Waals surface area (Å²) < 4.78 is 59.3. The van der Waals surface area contributed by atoms with E-state index in [-0.39, 0.29) is 22.6 Å². The average Bonchev–Trinajstić information content (AvgIpc) is 2.88. The van der Waals surface area contributed by atoms with Crippen LogP contribution in [0.1, 0.15) is 11.3 Å². The fourth-order valence-corrected chi connectivity index (χ4v) is 2.59. The van der Waals surface area contributed by atoms with E-state index < -0.39 is 30.1 Å². The number of amides is 1. The number of nitrogens with zero attached hydrogens (tertiary/aromatic N) is 3. The number of alkyl halides is 3. The zero-order valence-corrected chi connectivity index (χ0v) is 14.3. The predicted octanol–water partition coefficient (Wildman–Crippen LogP) is 3.45. The highest BCUT2D eigenvalue weighted by molar-refractivity contribution is 5.91. The van der Waals surface area contributed by atoms with E-state index in [0.29, 0.717) is 5.69 Å². The highest BCUT2D eigenvalue weighted by Gasteiger charge is 2.35. The van der Waals surface area contributed by atoms with Gasteiger partial charge in [0.1, 0.15) is 5.82 Å². The minimum Gasteiger partial charge on any atom is -0.467 e. The smallest absolute Gasteiger partial charge is 0.417 e. The van der Waals surface area contributed by atoms with Gasteiger partial charge in [0.25, 0.3) is 5.91 Å². The molecule has 3 aromatic rings. The molecule has 0 saturated heterocycles. The van der Waals surface area contributed by atoms with Gasteiger partial charge in [-0.05, 0) is 31.2 Å². The summed E-state index contributed by atoms with van der Waals surface area (Å²) in [6.07, 6.45) is -4.64. The third-order valence-electron chi connectivity index (χ3n) is 3.73. The number of carbonyl (C=O) groups excluding carboxylic acids is 1. The second kappa shape index (κ2) is 6.86. The lowest BCUT2D eigenvalue weighted by Gasteiger charge is -2.12. The predicted molar refractivity (Wildman–Crippen MR) is 88.8 cm³/mol. The fourth-order valence-electron chi connectivity index (χ4n) is 2.59. The van der Waals surface area contributed by atoms with Crippen molar-refractivity contribution in [2.24, 2.45) is 7.05 Å². The van der Waals surface area contributed by atoms with E-state index in [1.54, 1.807) is 0 Å². The van der Waals surface area contributed by atoms with E-state index in [9.17, 15) is 22.4 Å². The molecule has 6 nitrogen and oxygen atoms in total. The Kier molecular flexibility index (Phi) is 4.73. The van der Waals surface area contributed by atoms with Crippen LogP contribution in [-0.2, 0) is 18.0 Å². The standard InChI is InChI=1S/C17H14F4N4O2/c1-9-15-12(17(19,20)21)7-14(23-16(15)25(2)24-9)27-8-13(26)22-11-5-3-10(18)4-6-11/h3-7H,8H2,1-2H3,(H,22,26). The molecule has 0 unspecified atom stereocenters. The van der Waals surface area contributed by atoms with Gasteiger partial charge in [-0.3, -0.25) is 9.48 Å². The Bertz CT molecular complexity index is 997. The van der Waals surface area contributed by atoms with Crippen LogP contribution in [0.2, 0.25) is 0 Å². The fraction of sp³-hybridized carbons (Fsp3) is 0.235. The summed E-state index contributed by atoms with van der Waals surface area (Å²) >= 11 is 0. The zero-order valence-electron chi connectivity index (χ0n) is 14.3. The Labute approximate surface area is 150 Å². The molecule has 0 fully saturated rings. The van der Waals surface area contributed by atoms with Crippen molar-refractivity contribution in [1.82, 2.24) is 14.8 Å². The highest BCUT2D eigenvalue weighted by atomic mass is 19.4. The molecule has 0 aliphatic heterocycles. The molecule has 1 aromatic carbocycles. The molecular formula is C17H14F4N4O2. The lowest BCUT2D eigenvalue weighted by atomic mass is 10.1. The van der Waals surface area contributed by atoms with E-state index in [2.05, 4.69) is 15.4 Å². The summed E-state index contributed by atoms with van der Waals surface area (Å²) in [6.45, 7) is 0.889. The first-order valence-corrected chi connectivity index (χ1v) is 7.75. The number of rotatable bonds is 4. The number of benzene rings is 1. The topological polar surface area (TPSA) is 69.0 Å². The zero-order chi connectivity index (χ0) is 19.8. The van der Waals surface area contributed by atoms with Crippen LogP contribution in [0.3, 0.4) is 0 Å². The molecular weight excluding hydrogens is 368 g/mol. The first kappa shape index (κ1) is 18.6. The van der Waals surface area contributed by atoms with Crippen LogP contribution in [0.25, 0.3) is 11.0 Å². The summed E-state index contributed by atoms with van der Waals surface area (Å²) in [6, 6.07) is 5.75. The largest absolute Gasteiger partial charge is 0.467 e. The number of halogens is 4. The molecule has 0 aliphatic rings. The maximum absolute atomic E-state index is 13.4. The molecule has 27 heavy (non-hydrogen) atoms. The molecule has 0 atom stereocenters. The number of fused-ring (bicyclic) bond motifs is 1. The number of hydrogen-bond acceptors (Lipinski definition) is 4. The Morgan fingerprint density at radius 1 is 1.26 bits per heavy atom. The molecule has 0 radical (unpaired) electrons. The van der Waals surface area contributed by atoms with Crippen molar-refractivity contribution < 1.29 is 27.1 Å². The van der Waals surface area contributed by atoms with Crippen molar-refractivity contribution in [1.29, 1.82) is 0 Å². The molecule has 1 amide bonds. The van der Waals surface area contributed by atoms with Gasteiger partial charge < -0.3 is 10.1 Å². The van der Waals surface area contributed by atoms with Gasteiger partial charge in [-0.15, -0.1) is 0 Å². The molecule has 2 heterocycles. The van der Waals surface area contributed by atoms with Crippen LogP contribution >= 0.6 is 0 Å². The van der Waals surface area contributed by atoms with Gasteiger partial charge in [0.15, 0.2) is 12.3 Å².